The number of nitrogens with zero attached hydrogens (tertiary/aromatic N) is 1. The first-order valence-electron chi connectivity index (χ1n) is 5.88. The molecule has 5 heteroatoms. The van der Waals surface area contributed by atoms with E-state index in [1.807, 2.05) is 25.1 Å². The highest BCUT2D eigenvalue weighted by atomic mass is 79.9. The molecule has 0 saturated heterocycles. The average molecular weight is 330 g/mol. The average Bonchev–Trinajstić information content (AvgIpc) is 2.43. The van der Waals surface area contributed by atoms with Crippen LogP contribution >= 0.6 is 15.9 Å². The van der Waals surface area contributed by atoms with Crippen LogP contribution in [0.4, 0.5) is 11.4 Å². The van der Waals surface area contributed by atoms with Crippen molar-refractivity contribution in [2.75, 3.05) is 11.1 Å². The van der Waals surface area contributed by atoms with Crippen molar-refractivity contribution in [1.29, 1.82) is 5.26 Å². The molecule has 0 aliphatic heterocycles. The van der Waals surface area contributed by atoms with Gasteiger partial charge in [-0.05, 0) is 53.2 Å². The zero-order valence-electron chi connectivity index (χ0n) is 10.8. The maximum absolute atomic E-state index is 12.2. The van der Waals surface area contributed by atoms with Crippen molar-refractivity contribution in [3.63, 3.8) is 0 Å². The highest BCUT2D eigenvalue weighted by molar-refractivity contribution is 9.10. The molecule has 0 unspecified atom stereocenters. The first-order chi connectivity index (χ1) is 9.51. The summed E-state index contributed by atoms with van der Waals surface area (Å²) in [5, 5.41) is 11.5. The number of nitriles is 1. The van der Waals surface area contributed by atoms with Crippen molar-refractivity contribution in [2.45, 2.75) is 6.92 Å². The van der Waals surface area contributed by atoms with E-state index in [0.29, 0.717) is 27.0 Å². The summed E-state index contributed by atoms with van der Waals surface area (Å²) in [6.45, 7) is 1.92. The minimum absolute atomic E-state index is 0.253. The molecule has 0 radical (unpaired) electrons. The van der Waals surface area contributed by atoms with Gasteiger partial charge in [0.05, 0.1) is 28.6 Å². The van der Waals surface area contributed by atoms with Crippen molar-refractivity contribution < 1.29 is 4.79 Å². The molecule has 0 fully saturated rings. The van der Waals surface area contributed by atoms with Crippen LogP contribution in [0.3, 0.4) is 0 Å². The number of rotatable bonds is 2. The zero-order valence-corrected chi connectivity index (χ0v) is 12.4. The molecule has 2 aromatic rings. The Balaban J connectivity index is 2.28. The van der Waals surface area contributed by atoms with Gasteiger partial charge in [0.2, 0.25) is 0 Å². The Morgan fingerprint density at radius 1 is 1.30 bits per heavy atom. The Labute approximate surface area is 125 Å². The Morgan fingerprint density at radius 2 is 2.05 bits per heavy atom. The number of nitrogens with two attached hydrogens (primary N) is 1. The summed E-state index contributed by atoms with van der Waals surface area (Å²) in [6, 6.07) is 12.3. The van der Waals surface area contributed by atoms with Crippen LogP contribution in [-0.4, -0.2) is 5.91 Å². The van der Waals surface area contributed by atoms with Gasteiger partial charge >= 0.3 is 0 Å². The van der Waals surface area contributed by atoms with Crippen molar-refractivity contribution >= 4 is 33.2 Å². The number of anilines is 2. The smallest absolute Gasteiger partial charge is 0.256 e. The van der Waals surface area contributed by atoms with E-state index in [1.165, 1.54) is 6.07 Å². The van der Waals surface area contributed by atoms with Gasteiger partial charge in [0.15, 0.2) is 0 Å². The lowest BCUT2D eigenvalue weighted by Gasteiger charge is -2.10. The van der Waals surface area contributed by atoms with Crippen LogP contribution in [0.15, 0.2) is 40.9 Å². The quantitative estimate of drug-likeness (QED) is 0.828. The maximum Gasteiger partial charge on any atom is 0.256 e. The number of halogens is 1. The van der Waals surface area contributed by atoms with E-state index >= 15 is 0 Å². The fourth-order valence-corrected chi connectivity index (χ4v) is 2.18. The molecule has 0 aromatic heterocycles. The lowest BCUT2D eigenvalue weighted by molar-refractivity contribution is 0.102. The minimum Gasteiger partial charge on any atom is -0.397 e. The second-order valence-corrected chi connectivity index (χ2v) is 5.21. The van der Waals surface area contributed by atoms with Crippen LogP contribution in [0, 0.1) is 18.3 Å². The topological polar surface area (TPSA) is 78.9 Å². The first kappa shape index (κ1) is 14.1. The predicted octanol–water partition coefficient (Wildman–Crippen LogP) is 3.46. The Hall–Kier alpha value is -2.32. The van der Waals surface area contributed by atoms with Crippen molar-refractivity contribution in [3.8, 4) is 6.07 Å². The van der Waals surface area contributed by atoms with Gasteiger partial charge in [0.1, 0.15) is 0 Å². The molecule has 0 aliphatic carbocycles. The maximum atomic E-state index is 12.2. The Morgan fingerprint density at radius 3 is 2.70 bits per heavy atom. The largest absolute Gasteiger partial charge is 0.397 e. The zero-order chi connectivity index (χ0) is 14.7. The molecule has 2 aromatic carbocycles. The van der Waals surface area contributed by atoms with Gasteiger partial charge in [0, 0.05) is 4.47 Å². The molecule has 0 spiro atoms. The van der Waals surface area contributed by atoms with Crippen LogP contribution < -0.4 is 11.1 Å². The lowest BCUT2D eigenvalue weighted by Crippen LogP contribution is -2.14. The summed E-state index contributed by atoms with van der Waals surface area (Å²) in [7, 11) is 0. The molecule has 0 bridgehead atoms. The number of carbonyl (C=O) groups excluding carboxylic acids is 1. The number of amides is 1. The van der Waals surface area contributed by atoms with E-state index in [2.05, 4.69) is 21.2 Å². The Kier molecular flexibility index (Phi) is 4.06. The van der Waals surface area contributed by atoms with E-state index < -0.39 is 0 Å². The number of aryl methyl sites for hydroxylation is 1. The van der Waals surface area contributed by atoms with E-state index in [0.717, 1.165) is 5.56 Å². The fourth-order valence-electron chi connectivity index (χ4n) is 1.75. The summed E-state index contributed by atoms with van der Waals surface area (Å²) in [6.07, 6.45) is 0. The predicted molar refractivity (Wildman–Crippen MR) is 82.4 cm³/mol. The number of hydrogen-bond donors (Lipinski definition) is 2. The van der Waals surface area contributed by atoms with Gasteiger partial charge in [-0.2, -0.15) is 5.26 Å². The molecule has 4 nitrogen and oxygen atoms in total. The first-order valence-corrected chi connectivity index (χ1v) is 6.67. The van der Waals surface area contributed by atoms with Gasteiger partial charge in [-0.3, -0.25) is 4.79 Å². The minimum atomic E-state index is -0.253. The third-order valence-electron chi connectivity index (χ3n) is 2.80. The summed E-state index contributed by atoms with van der Waals surface area (Å²) in [4.78, 5) is 12.2. The molecular weight excluding hydrogens is 318 g/mol. The molecule has 1 amide bonds. The monoisotopic (exact) mass is 329 g/mol. The van der Waals surface area contributed by atoms with Gasteiger partial charge in [-0.15, -0.1) is 0 Å². The van der Waals surface area contributed by atoms with Crippen LogP contribution in [0.25, 0.3) is 0 Å². The number of nitrogen functional groups attached to an aromatic ring is 1. The number of hydrogen-bond acceptors (Lipinski definition) is 3. The van der Waals surface area contributed by atoms with Crippen molar-refractivity contribution in [2.24, 2.45) is 0 Å². The van der Waals surface area contributed by atoms with E-state index in [9.17, 15) is 4.79 Å². The van der Waals surface area contributed by atoms with Crippen LogP contribution in [0.5, 0.6) is 0 Å². The summed E-state index contributed by atoms with van der Waals surface area (Å²) >= 11 is 3.35. The third kappa shape index (κ3) is 2.98. The molecule has 0 aliphatic rings. The molecule has 20 heavy (non-hydrogen) atoms. The number of nitrogens with one attached hydrogen (secondary N) is 1. The van der Waals surface area contributed by atoms with Gasteiger partial charge in [-0.25, -0.2) is 0 Å². The van der Waals surface area contributed by atoms with Gasteiger partial charge in [-0.1, -0.05) is 11.6 Å². The molecular formula is C15H12BrN3O. The standard InChI is InChI=1S/C15H12BrN3O/c1-9-2-4-12(16)11(6-9)15(20)19-14-5-3-10(8-17)7-13(14)18/h2-7H,18H2,1H3,(H,19,20). The second kappa shape index (κ2) is 5.76. The summed E-state index contributed by atoms with van der Waals surface area (Å²) < 4.78 is 0.716. The number of carbonyl (C=O) groups is 1. The third-order valence-corrected chi connectivity index (χ3v) is 3.49. The normalized spacial score (nSPS) is 9.85. The van der Waals surface area contributed by atoms with E-state index in [-0.39, 0.29) is 5.91 Å². The molecule has 0 heterocycles. The SMILES string of the molecule is Cc1ccc(Br)c(C(=O)Nc2ccc(C#N)cc2N)c1. The molecule has 0 atom stereocenters. The highest BCUT2D eigenvalue weighted by Crippen LogP contribution is 2.23. The molecule has 3 N–H and O–H groups in total. The highest BCUT2D eigenvalue weighted by Gasteiger charge is 2.12. The molecule has 0 saturated carbocycles. The van der Waals surface area contributed by atoms with E-state index in [4.69, 9.17) is 11.0 Å². The molecule has 100 valence electrons. The van der Waals surface area contributed by atoms with Crippen LogP contribution in [0.2, 0.25) is 0 Å². The van der Waals surface area contributed by atoms with Crippen LogP contribution in [0.1, 0.15) is 21.5 Å². The number of benzene rings is 2. The van der Waals surface area contributed by atoms with Crippen molar-refractivity contribution in [1.82, 2.24) is 0 Å². The van der Waals surface area contributed by atoms with Gasteiger partial charge in [0.25, 0.3) is 5.91 Å². The molecule has 2 rings (SSSR count). The Bertz CT molecular complexity index is 720. The van der Waals surface area contributed by atoms with E-state index in [1.54, 1.807) is 18.2 Å². The summed E-state index contributed by atoms with van der Waals surface area (Å²) in [5.41, 5.74) is 8.65. The second-order valence-electron chi connectivity index (χ2n) is 4.35. The summed E-state index contributed by atoms with van der Waals surface area (Å²) in [5.74, 6) is -0.253. The van der Waals surface area contributed by atoms with Crippen molar-refractivity contribution in [3.05, 3.63) is 57.6 Å². The fraction of sp³-hybridized carbons (Fsp3) is 0.0667. The van der Waals surface area contributed by atoms with Gasteiger partial charge < -0.3 is 11.1 Å². The van der Waals surface area contributed by atoms with Crippen LogP contribution in [-0.2, 0) is 0 Å². The lowest BCUT2D eigenvalue weighted by atomic mass is 10.1.